The van der Waals surface area contributed by atoms with Crippen molar-refractivity contribution < 1.29 is 19.1 Å². The molecule has 8 nitrogen and oxygen atoms in total. The maximum Gasteiger partial charge on any atom is 0.337 e. The van der Waals surface area contributed by atoms with Crippen LogP contribution in [0.3, 0.4) is 0 Å². The number of fused-ring (bicyclic) bond motifs is 1. The summed E-state index contributed by atoms with van der Waals surface area (Å²) < 4.78 is 4.84. The van der Waals surface area contributed by atoms with Crippen LogP contribution in [-0.4, -0.2) is 60.9 Å². The first kappa shape index (κ1) is 27.9. The van der Waals surface area contributed by atoms with E-state index in [1.807, 2.05) is 77.7 Å². The number of esters is 1. The van der Waals surface area contributed by atoms with Gasteiger partial charge < -0.3 is 20.3 Å². The molecule has 0 spiro atoms. The van der Waals surface area contributed by atoms with Gasteiger partial charge >= 0.3 is 5.97 Å². The summed E-state index contributed by atoms with van der Waals surface area (Å²) in [6.07, 6.45) is 0. The van der Waals surface area contributed by atoms with Crippen molar-refractivity contribution in [2.24, 2.45) is 0 Å². The molecule has 0 aliphatic carbocycles. The van der Waals surface area contributed by atoms with Gasteiger partial charge in [0.15, 0.2) is 0 Å². The highest BCUT2D eigenvalue weighted by molar-refractivity contribution is 6.37. The second-order valence-electron chi connectivity index (χ2n) is 10.6. The van der Waals surface area contributed by atoms with Crippen LogP contribution in [0.25, 0.3) is 11.3 Å². The Morgan fingerprint density at radius 3 is 2.09 bits per heavy atom. The standard InChI is InChI=1S/C35H32N4O4/c1-43-35(42)27-14-17-29-30(22-27)37-33(40)31(29)32(25-8-4-2-5-9-25)36-28-15-12-24(13-16-28)23-38-18-20-39(21-19-38)34(41)26-10-6-3-7-11-26/h2-17,22,36H,18-21,23H2,1H3,(H,37,40). The van der Waals surface area contributed by atoms with Crippen LogP contribution < -0.4 is 10.6 Å². The average Bonchev–Trinajstić information content (AvgIpc) is 3.39. The van der Waals surface area contributed by atoms with Gasteiger partial charge in [-0.25, -0.2) is 4.79 Å². The molecule has 0 unspecified atom stereocenters. The van der Waals surface area contributed by atoms with Gasteiger partial charge in [-0.15, -0.1) is 0 Å². The van der Waals surface area contributed by atoms with Gasteiger partial charge in [0, 0.05) is 49.5 Å². The molecule has 0 radical (unpaired) electrons. The molecule has 0 saturated carbocycles. The van der Waals surface area contributed by atoms with Gasteiger partial charge in [0.2, 0.25) is 0 Å². The van der Waals surface area contributed by atoms with Crippen molar-refractivity contribution in [3.8, 4) is 0 Å². The lowest BCUT2D eigenvalue weighted by molar-refractivity contribution is -0.110. The zero-order valence-corrected chi connectivity index (χ0v) is 23.9. The molecule has 2 aliphatic heterocycles. The highest BCUT2D eigenvalue weighted by Gasteiger charge is 2.29. The molecule has 0 aromatic heterocycles. The van der Waals surface area contributed by atoms with Crippen LogP contribution in [0.2, 0.25) is 0 Å². The van der Waals surface area contributed by atoms with E-state index >= 15 is 0 Å². The molecule has 4 aromatic rings. The molecule has 0 atom stereocenters. The van der Waals surface area contributed by atoms with E-state index in [4.69, 9.17) is 4.74 Å². The Morgan fingerprint density at radius 1 is 0.791 bits per heavy atom. The zero-order valence-electron chi connectivity index (χ0n) is 23.9. The lowest BCUT2D eigenvalue weighted by atomic mass is 9.99. The van der Waals surface area contributed by atoms with Crippen LogP contribution in [-0.2, 0) is 16.1 Å². The third-order valence-electron chi connectivity index (χ3n) is 7.81. The minimum atomic E-state index is -0.460. The Hall–Kier alpha value is -5.21. The van der Waals surface area contributed by atoms with Crippen LogP contribution in [0.15, 0.2) is 103 Å². The minimum absolute atomic E-state index is 0.0847. The predicted octanol–water partition coefficient (Wildman–Crippen LogP) is 5.36. The van der Waals surface area contributed by atoms with Gasteiger partial charge in [0.1, 0.15) is 0 Å². The first-order valence-corrected chi connectivity index (χ1v) is 14.3. The molecule has 6 rings (SSSR count). The van der Waals surface area contributed by atoms with Crippen LogP contribution in [0, 0.1) is 0 Å². The molecular formula is C35H32N4O4. The van der Waals surface area contributed by atoms with Crippen molar-refractivity contribution in [1.82, 2.24) is 9.80 Å². The summed E-state index contributed by atoms with van der Waals surface area (Å²) in [7, 11) is 1.33. The van der Waals surface area contributed by atoms with Gasteiger partial charge in [-0.1, -0.05) is 66.7 Å². The highest BCUT2D eigenvalue weighted by Crippen LogP contribution is 2.38. The van der Waals surface area contributed by atoms with Crippen LogP contribution in [0.5, 0.6) is 0 Å². The van der Waals surface area contributed by atoms with Crippen molar-refractivity contribution in [2.75, 3.05) is 43.9 Å². The summed E-state index contributed by atoms with van der Waals surface area (Å²) in [6, 6.07) is 32.4. The molecule has 1 saturated heterocycles. The summed E-state index contributed by atoms with van der Waals surface area (Å²) in [5, 5.41) is 6.39. The van der Waals surface area contributed by atoms with E-state index in [9.17, 15) is 14.4 Å². The van der Waals surface area contributed by atoms with Gasteiger partial charge in [-0.3, -0.25) is 14.5 Å². The first-order chi connectivity index (χ1) is 21.0. The van der Waals surface area contributed by atoms with E-state index in [2.05, 4.69) is 27.7 Å². The third-order valence-corrected chi connectivity index (χ3v) is 7.81. The number of anilines is 2. The number of amides is 2. The molecule has 1 fully saturated rings. The van der Waals surface area contributed by atoms with E-state index < -0.39 is 5.97 Å². The highest BCUT2D eigenvalue weighted by atomic mass is 16.5. The van der Waals surface area contributed by atoms with Crippen molar-refractivity contribution in [1.29, 1.82) is 0 Å². The Bertz CT molecular complexity index is 1680. The zero-order chi connectivity index (χ0) is 29.8. The lowest BCUT2D eigenvalue weighted by Crippen LogP contribution is -2.48. The predicted molar refractivity (Wildman–Crippen MR) is 167 cm³/mol. The van der Waals surface area contributed by atoms with Gasteiger partial charge in [-0.2, -0.15) is 0 Å². The summed E-state index contributed by atoms with van der Waals surface area (Å²) in [6.45, 7) is 3.82. The molecule has 8 heteroatoms. The van der Waals surface area contributed by atoms with Crippen molar-refractivity contribution >= 4 is 40.4 Å². The normalized spacial score (nSPS) is 15.8. The summed E-state index contributed by atoms with van der Waals surface area (Å²) in [4.78, 5) is 42.4. The molecule has 2 N–H and O–H groups in total. The number of hydrogen-bond acceptors (Lipinski definition) is 6. The fourth-order valence-electron chi connectivity index (χ4n) is 5.52. The van der Waals surface area contributed by atoms with Crippen molar-refractivity contribution in [3.05, 3.63) is 131 Å². The topological polar surface area (TPSA) is 91.0 Å². The van der Waals surface area contributed by atoms with E-state index in [1.54, 1.807) is 18.2 Å². The monoisotopic (exact) mass is 572 g/mol. The Balaban J connectivity index is 1.17. The molecule has 2 amide bonds. The number of nitrogens with one attached hydrogen (secondary N) is 2. The summed E-state index contributed by atoms with van der Waals surface area (Å²) in [5.74, 6) is -0.620. The minimum Gasteiger partial charge on any atom is -0.465 e. The fraction of sp³-hybridized carbons (Fsp3) is 0.171. The molecule has 216 valence electrons. The van der Waals surface area contributed by atoms with E-state index in [-0.39, 0.29) is 11.8 Å². The molecule has 43 heavy (non-hydrogen) atoms. The fourth-order valence-corrected chi connectivity index (χ4v) is 5.52. The quantitative estimate of drug-likeness (QED) is 0.229. The number of nitrogens with zero attached hydrogens (tertiary/aromatic N) is 2. The molecule has 2 aliphatic rings. The summed E-state index contributed by atoms with van der Waals surface area (Å²) >= 11 is 0. The van der Waals surface area contributed by atoms with Gasteiger partial charge in [-0.05, 0) is 47.5 Å². The number of methoxy groups -OCH3 is 1. The Morgan fingerprint density at radius 2 is 1.44 bits per heavy atom. The smallest absolute Gasteiger partial charge is 0.337 e. The van der Waals surface area contributed by atoms with Crippen LogP contribution in [0.4, 0.5) is 11.4 Å². The Labute approximate surface area is 250 Å². The van der Waals surface area contributed by atoms with Crippen molar-refractivity contribution in [2.45, 2.75) is 6.54 Å². The Kier molecular flexibility index (Phi) is 8.02. The van der Waals surface area contributed by atoms with Crippen molar-refractivity contribution in [3.63, 3.8) is 0 Å². The second-order valence-corrected chi connectivity index (χ2v) is 10.6. The lowest BCUT2D eigenvalue weighted by Gasteiger charge is -2.34. The molecule has 4 aromatic carbocycles. The largest absolute Gasteiger partial charge is 0.465 e. The second kappa shape index (κ2) is 12.3. The number of rotatable bonds is 7. The number of carbonyl (C=O) groups is 3. The molecular weight excluding hydrogens is 540 g/mol. The SMILES string of the molecule is COC(=O)c1ccc2c(c1)NC(=O)C2=C(Nc1ccc(CN2CCN(C(=O)c3ccccc3)CC2)cc1)c1ccccc1. The first-order valence-electron chi connectivity index (χ1n) is 14.3. The maximum absolute atomic E-state index is 13.3. The maximum atomic E-state index is 13.3. The number of carbonyl (C=O) groups excluding carboxylic acids is 3. The third kappa shape index (κ3) is 6.05. The number of piperazine rings is 1. The van der Waals surface area contributed by atoms with Gasteiger partial charge in [0.25, 0.3) is 11.8 Å². The van der Waals surface area contributed by atoms with Gasteiger partial charge in [0.05, 0.1) is 29.6 Å². The molecule has 2 heterocycles. The molecule has 0 bridgehead atoms. The van der Waals surface area contributed by atoms with E-state index in [0.29, 0.717) is 41.2 Å². The van der Waals surface area contributed by atoms with E-state index in [1.165, 1.54) is 12.7 Å². The number of benzene rings is 4. The van der Waals surface area contributed by atoms with E-state index in [0.717, 1.165) is 36.4 Å². The average molecular weight is 573 g/mol. The van der Waals surface area contributed by atoms with Crippen LogP contribution in [0.1, 0.15) is 37.4 Å². The number of ether oxygens (including phenoxy) is 1. The summed E-state index contributed by atoms with van der Waals surface area (Å²) in [5.41, 5.74) is 6.45. The van der Waals surface area contributed by atoms with Crippen LogP contribution >= 0.6 is 0 Å². The number of hydrogen-bond donors (Lipinski definition) is 2.